The van der Waals surface area contributed by atoms with Crippen molar-refractivity contribution in [3.05, 3.63) is 47.8 Å². The van der Waals surface area contributed by atoms with Gasteiger partial charge < -0.3 is 13.7 Å². The molecule has 2 fully saturated rings. The molecule has 2 aromatic rings. The molecular weight excluding hydrogens is 316 g/mol. The first-order chi connectivity index (χ1) is 12.1. The number of amides is 1. The van der Waals surface area contributed by atoms with Crippen molar-refractivity contribution in [1.29, 1.82) is 0 Å². The number of hydrogen-bond acceptors (Lipinski definition) is 4. The lowest BCUT2D eigenvalue weighted by molar-refractivity contribution is -0.0593. The van der Waals surface area contributed by atoms with Crippen molar-refractivity contribution in [3.8, 4) is 0 Å². The molecule has 1 saturated carbocycles. The third-order valence-corrected chi connectivity index (χ3v) is 6.14. The minimum atomic E-state index is 0.0303. The fourth-order valence-corrected chi connectivity index (χ4v) is 4.57. The zero-order valence-corrected chi connectivity index (χ0v) is 15.0. The molecule has 0 N–H and O–H groups in total. The lowest BCUT2D eigenvalue weighted by Gasteiger charge is -2.56. The number of aryl methyl sites for hydroxylation is 1. The van der Waals surface area contributed by atoms with Crippen molar-refractivity contribution in [3.63, 3.8) is 0 Å². The molecule has 134 valence electrons. The van der Waals surface area contributed by atoms with Gasteiger partial charge in [0, 0.05) is 19.1 Å². The minimum absolute atomic E-state index is 0.0303. The van der Waals surface area contributed by atoms with Crippen LogP contribution >= 0.6 is 0 Å². The summed E-state index contributed by atoms with van der Waals surface area (Å²) >= 11 is 0. The zero-order valence-electron chi connectivity index (χ0n) is 15.0. The molecule has 0 aromatic carbocycles. The van der Waals surface area contributed by atoms with Crippen LogP contribution in [0, 0.1) is 12.3 Å². The summed E-state index contributed by atoms with van der Waals surface area (Å²) in [6.07, 6.45) is 6.39. The summed E-state index contributed by atoms with van der Waals surface area (Å²) in [5.74, 6) is 2.30. The molecule has 5 nitrogen and oxygen atoms in total. The Hall–Kier alpha value is -2.01. The maximum atomic E-state index is 12.6. The van der Waals surface area contributed by atoms with Gasteiger partial charge in [0.05, 0.1) is 12.8 Å². The van der Waals surface area contributed by atoms with E-state index in [9.17, 15) is 4.79 Å². The van der Waals surface area contributed by atoms with Crippen LogP contribution in [0.25, 0.3) is 0 Å². The smallest absolute Gasteiger partial charge is 0.289 e. The fourth-order valence-electron chi connectivity index (χ4n) is 4.57. The molecule has 1 saturated heterocycles. The van der Waals surface area contributed by atoms with Gasteiger partial charge in [0.1, 0.15) is 11.5 Å². The van der Waals surface area contributed by atoms with Gasteiger partial charge in [-0.15, -0.1) is 0 Å². The highest BCUT2D eigenvalue weighted by Gasteiger charge is 2.50. The van der Waals surface area contributed by atoms with Crippen LogP contribution in [0.1, 0.15) is 47.8 Å². The molecule has 5 heteroatoms. The number of furan rings is 2. The molecule has 1 spiro atoms. The van der Waals surface area contributed by atoms with E-state index in [1.807, 2.05) is 30.0 Å². The van der Waals surface area contributed by atoms with Gasteiger partial charge in [0.15, 0.2) is 5.76 Å². The number of piperidine rings is 1. The van der Waals surface area contributed by atoms with Crippen LogP contribution in [0.15, 0.2) is 39.4 Å². The maximum absolute atomic E-state index is 12.6. The molecule has 2 aliphatic rings. The molecule has 1 atom stereocenters. The van der Waals surface area contributed by atoms with E-state index in [0.717, 1.165) is 44.0 Å². The number of carbonyl (C=O) groups is 1. The number of rotatable bonds is 4. The van der Waals surface area contributed by atoms with Gasteiger partial charge in [-0.2, -0.15) is 0 Å². The van der Waals surface area contributed by atoms with Gasteiger partial charge in [-0.05, 0) is 69.3 Å². The molecule has 4 rings (SSSR count). The lowest BCUT2D eigenvalue weighted by atomic mass is 9.58. The summed E-state index contributed by atoms with van der Waals surface area (Å²) in [5.41, 5.74) is 0.358. The van der Waals surface area contributed by atoms with Gasteiger partial charge in [0.25, 0.3) is 5.91 Å². The topological polar surface area (TPSA) is 49.8 Å². The summed E-state index contributed by atoms with van der Waals surface area (Å²) in [5, 5.41) is 0. The van der Waals surface area contributed by atoms with Gasteiger partial charge in [0.2, 0.25) is 0 Å². The molecule has 25 heavy (non-hydrogen) atoms. The molecular formula is C20H26N2O3. The third-order valence-electron chi connectivity index (χ3n) is 6.14. The van der Waals surface area contributed by atoms with Gasteiger partial charge in [-0.25, -0.2) is 0 Å². The normalized spacial score (nSPS) is 22.4. The number of likely N-dealkylation sites (tertiary alicyclic amines) is 1. The van der Waals surface area contributed by atoms with Crippen molar-refractivity contribution in [2.24, 2.45) is 5.41 Å². The molecule has 0 unspecified atom stereocenters. The van der Waals surface area contributed by atoms with Crippen LogP contribution in [0.4, 0.5) is 0 Å². The van der Waals surface area contributed by atoms with E-state index in [4.69, 9.17) is 8.83 Å². The van der Waals surface area contributed by atoms with Gasteiger partial charge in [-0.3, -0.25) is 9.69 Å². The van der Waals surface area contributed by atoms with Crippen molar-refractivity contribution in [2.75, 3.05) is 20.1 Å². The first-order valence-electron chi connectivity index (χ1n) is 9.16. The molecule has 1 aliphatic heterocycles. The molecule has 1 amide bonds. The molecule has 3 heterocycles. The first-order valence-corrected chi connectivity index (χ1v) is 9.16. The Bertz CT molecular complexity index is 726. The molecule has 0 radical (unpaired) electrons. The summed E-state index contributed by atoms with van der Waals surface area (Å²) < 4.78 is 11.0. The second kappa shape index (κ2) is 6.37. The Labute approximate surface area is 148 Å². The van der Waals surface area contributed by atoms with E-state index in [-0.39, 0.29) is 5.91 Å². The average Bonchev–Trinajstić information content (AvgIpc) is 3.25. The number of carbonyl (C=O) groups excluding carboxylic acids is 1. The van der Waals surface area contributed by atoms with Crippen molar-refractivity contribution in [2.45, 2.75) is 45.2 Å². The maximum Gasteiger partial charge on any atom is 0.289 e. The minimum Gasteiger partial charge on any atom is -0.468 e. The second-order valence-corrected chi connectivity index (χ2v) is 7.61. The Morgan fingerprint density at radius 1 is 1.28 bits per heavy atom. The van der Waals surface area contributed by atoms with E-state index in [1.54, 1.807) is 12.3 Å². The van der Waals surface area contributed by atoms with Crippen LogP contribution in [0.2, 0.25) is 0 Å². The van der Waals surface area contributed by atoms with Gasteiger partial charge >= 0.3 is 0 Å². The predicted octanol–water partition coefficient (Wildman–Crippen LogP) is 3.70. The molecule has 0 bridgehead atoms. The van der Waals surface area contributed by atoms with E-state index < -0.39 is 0 Å². The van der Waals surface area contributed by atoms with Crippen LogP contribution in [0.3, 0.4) is 0 Å². The summed E-state index contributed by atoms with van der Waals surface area (Å²) in [6, 6.07) is 8.20. The Morgan fingerprint density at radius 3 is 2.64 bits per heavy atom. The highest BCUT2D eigenvalue weighted by molar-refractivity contribution is 5.91. The van der Waals surface area contributed by atoms with Gasteiger partial charge in [-0.1, -0.05) is 0 Å². The van der Waals surface area contributed by atoms with E-state index in [0.29, 0.717) is 17.2 Å². The quantitative estimate of drug-likeness (QED) is 0.850. The summed E-state index contributed by atoms with van der Waals surface area (Å²) in [4.78, 5) is 16.9. The largest absolute Gasteiger partial charge is 0.468 e. The highest BCUT2D eigenvalue weighted by Crippen LogP contribution is 2.51. The number of nitrogens with zero attached hydrogens (tertiary/aromatic N) is 2. The molecule has 2 aromatic heterocycles. The lowest BCUT2D eigenvalue weighted by Crippen LogP contribution is -2.58. The number of hydrogen-bond donors (Lipinski definition) is 0. The Kier molecular flexibility index (Phi) is 4.20. The Balaban J connectivity index is 1.36. The first kappa shape index (κ1) is 16.5. The second-order valence-electron chi connectivity index (χ2n) is 7.61. The van der Waals surface area contributed by atoms with E-state index >= 15 is 0 Å². The predicted molar refractivity (Wildman–Crippen MR) is 94.2 cm³/mol. The van der Waals surface area contributed by atoms with Crippen molar-refractivity contribution in [1.82, 2.24) is 9.80 Å². The van der Waals surface area contributed by atoms with E-state index in [1.165, 1.54) is 12.8 Å². The van der Waals surface area contributed by atoms with Crippen LogP contribution < -0.4 is 0 Å². The summed E-state index contributed by atoms with van der Waals surface area (Å²) in [6.45, 7) is 4.37. The van der Waals surface area contributed by atoms with Crippen LogP contribution in [-0.4, -0.2) is 41.9 Å². The standard InChI is InChI=1S/C20H26N2O3/c1-15-5-6-17(25-15)19(23)22-11-9-20(10-12-22)8-7-18(20)21(2)14-16-4-3-13-24-16/h3-6,13,18H,7-12,14H2,1-2H3/t18-/m1/s1. The van der Waals surface area contributed by atoms with E-state index in [2.05, 4.69) is 11.9 Å². The average molecular weight is 342 g/mol. The molecule has 1 aliphatic carbocycles. The fraction of sp³-hybridized carbons (Fsp3) is 0.550. The monoisotopic (exact) mass is 342 g/mol. The zero-order chi connectivity index (χ0) is 17.4. The van der Waals surface area contributed by atoms with Crippen LogP contribution in [0.5, 0.6) is 0 Å². The SMILES string of the molecule is Cc1ccc(C(=O)N2CCC3(CC[C@H]3N(C)Cc3ccco3)CC2)o1. The highest BCUT2D eigenvalue weighted by atomic mass is 16.4. The Morgan fingerprint density at radius 2 is 2.08 bits per heavy atom. The van der Waals surface area contributed by atoms with Crippen LogP contribution in [-0.2, 0) is 6.54 Å². The summed E-state index contributed by atoms with van der Waals surface area (Å²) in [7, 11) is 2.19. The van der Waals surface area contributed by atoms with Crippen molar-refractivity contribution < 1.29 is 13.6 Å². The van der Waals surface area contributed by atoms with Crippen molar-refractivity contribution >= 4 is 5.91 Å². The third kappa shape index (κ3) is 3.01.